The van der Waals surface area contributed by atoms with E-state index in [9.17, 15) is 24.0 Å². The smallest absolute Gasteiger partial charge is 0.457 e. The van der Waals surface area contributed by atoms with Crippen molar-refractivity contribution in [2.24, 2.45) is 0 Å². The minimum Gasteiger partial charge on any atom is -0.457 e. The molecule has 0 aromatic heterocycles. The van der Waals surface area contributed by atoms with Gasteiger partial charge in [0.05, 0.1) is 0 Å². The van der Waals surface area contributed by atoms with Crippen LogP contribution in [0.1, 0.15) is 27.8 Å². The van der Waals surface area contributed by atoms with Crippen LogP contribution in [0.5, 0.6) is 0 Å². The second kappa shape index (κ2) is 22.8. The molecule has 0 fully saturated rings. The molecule has 312 valence electrons. The largest absolute Gasteiger partial charge is 0.762 e. The van der Waals surface area contributed by atoms with Crippen LogP contribution in [-0.2, 0) is 83.3 Å². The number of hydrogen-bond donors (Lipinski definition) is 0. The zero-order chi connectivity index (χ0) is 42.5. The highest BCUT2D eigenvalue weighted by Crippen LogP contribution is 2.22. The van der Waals surface area contributed by atoms with Crippen LogP contribution in [0, 0.1) is 0 Å². The summed E-state index contributed by atoms with van der Waals surface area (Å²) in [6.07, 6.45) is -5.62. The molecule has 60 heavy (non-hydrogen) atoms. The average Bonchev–Trinajstić information content (AvgIpc) is 3.27. The lowest BCUT2D eigenvalue weighted by molar-refractivity contribution is -0.0293. The monoisotopic (exact) mass is 856 g/mol. The molecule has 0 heterocycles. The third-order valence-electron chi connectivity index (χ3n) is 7.80. The summed E-state index contributed by atoms with van der Waals surface area (Å²) in [6.45, 7) is -1.53. The number of benzene rings is 5. The van der Waals surface area contributed by atoms with Crippen LogP contribution >= 0.6 is 0 Å². The Hall–Kier alpha value is -7.00. The van der Waals surface area contributed by atoms with Gasteiger partial charge < -0.3 is 50.2 Å². The van der Waals surface area contributed by atoms with Crippen LogP contribution in [0.25, 0.3) is 0 Å². The maximum absolute atomic E-state index is 14.0. The van der Waals surface area contributed by atoms with Crippen LogP contribution in [0.2, 0.25) is 6.55 Å². The first-order valence-corrected chi connectivity index (χ1v) is 22.1. The lowest BCUT2D eigenvalue weighted by Crippen LogP contribution is -2.58. The van der Waals surface area contributed by atoms with E-state index >= 15 is 0 Å². The second-order valence-electron chi connectivity index (χ2n) is 12.4. The first-order valence-electron chi connectivity index (χ1n) is 18.2. The Labute approximate surface area is 347 Å². The lowest BCUT2D eigenvalue weighted by Gasteiger charge is -2.28. The minimum atomic E-state index is -5.51. The van der Waals surface area contributed by atoms with Gasteiger partial charge in [-0.25, -0.2) is 24.0 Å². The van der Waals surface area contributed by atoms with E-state index in [0.717, 1.165) is 6.55 Å². The topological polar surface area (TPSA) is 187 Å². The van der Waals surface area contributed by atoms with Gasteiger partial charge in [-0.2, -0.15) is 0 Å². The molecule has 0 N–H and O–H groups in total. The molecule has 0 spiro atoms. The van der Waals surface area contributed by atoms with E-state index < -0.39 is 54.6 Å². The van der Waals surface area contributed by atoms with Crippen molar-refractivity contribution >= 4 is 47.8 Å². The van der Waals surface area contributed by atoms with E-state index in [2.05, 4.69) is 0 Å². The Morgan fingerprint density at radius 2 is 0.633 bits per heavy atom. The molecule has 0 saturated heterocycles. The highest BCUT2D eigenvalue weighted by molar-refractivity contribution is 6.92. The summed E-state index contributed by atoms with van der Waals surface area (Å²) in [7, 11) is -10.1. The summed E-state index contributed by atoms with van der Waals surface area (Å²) < 4.78 is 59.4. The van der Waals surface area contributed by atoms with Gasteiger partial charge in [-0.3, -0.25) is 0 Å². The third-order valence-corrected chi connectivity index (χ3v) is 11.5. The highest BCUT2D eigenvalue weighted by Gasteiger charge is 2.63. The van der Waals surface area contributed by atoms with Gasteiger partial charge in [0.2, 0.25) is 0 Å². The molecule has 16 nitrogen and oxygen atoms in total. The fraction of sp³-hybridized carbons (Fsp3) is 0.167. The molecule has 0 radical (unpaired) electrons. The van der Waals surface area contributed by atoms with Gasteiger partial charge in [-0.15, -0.1) is 0 Å². The molecule has 18 heteroatoms. The quantitative estimate of drug-likeness (QED) is 0.0331. The van der Waals surface area contributed by atoms with E-state index in [0.29, 0.717) is 27.8 Å². The van der Waals surface area contributed by atoms with Crippen LogP contribution in [0.3, 0.4) is 0 Å². The number of rotatable bonds is 19. The average molecular weight is 857 g/mol. The molecule has 0 atom stereocenters. The molecular formula is C42H40O16Si2. The van der Waals surface area contributed by atoms with Gasteiger partial charge in [0.15, 0.2) is 0 Å². The SMILES string of the molecule is C[Si](OCO[Si](OC(=O)OCc1ccccc1)(OC(=O)OCc1ccccc1)C(=O)OCc1ccccc1)(OC(=O)OCc1ccccc1)OC(=O)OCc1ccccc1. The van der Waals surface area contributed by atoms with E-state index in [-0.39, 0.29) is 33.0 Å². The molecule has 0 bridgehead atoms. The Kier molecular flexibility index (Phi) is 16.8. The molecule has 0 amide bonds. The maximum Gasteiger partial charge on any atom is 0.762 e. The van der Waals surface area contributed by atoms with E-state index in [4.69, 9.17) is 50.2 Å². The number of hydrogen-bond acceptors (Lipinski definition) is 16. The Bertz CT molecular complexity index is 2000. The molecule has 0 aliphatic heterocycles. The second-order valence-corrected chi connectivity index (χ2v) is 17.0. The first kappa shape index (κ1) is 44.1. The molecule has 0 aliphatic carbocycles. The standard InChI is InChI=1S/C42H40O16Si2/c1-59(55-38(43)48-27-33-17-7-2-8-18-33,56-39(44)49-28-34-19-9-3-10-20-34)53-32-54-60(42(47)52-31-37-25-15-6-16-26-37,57-40(45)50-29-35-21-11-4-12-22-35)58-41(46)51-30-36-23-13-5-14-24-36/h2-26H,27-32H2,1H3. The Balaban J connectivity index is 1.38. The molecule has 0 saturated carbocycles. The van der Waals surface area contributed by atoms with Crippen molar-refractivity contribution in [1.82, 2.24) is 0 Å². The van der Waals surface area contributed by atoms with Crippen molar-refractivity contribution in [3.63, 3.8) is 0 Å². The van der Waals surface area contributed by atoms with Crippen molar-refractivity contribution in [2.45, 2.75) is 39.6 Å². The fourth-order valence-corrected chi connectivity index (χ4v) is 7.57. The zero-order valence-corrected chi connectivity index (χ0v) is 34.2. The number of ether oxygens (including phenoxy) is 5. The minimum absolute atomic E-state index is 0.222. The van der Waals surface area contributed by atoms with Gasteiger partial charge in [0.1, 0.15) is 39.8 Å². The van der Waals surface area contributed by atoms with Gasteiger partial charge >= 0.3 is 47.8 Å². The summed E-state index contributed by atoms with van der Waals surface area (Å²) in [6, 6.07) is 42.6. The van der Waals surface area contributed by atoms with Gasteiger partial charge in [-0.1, -0.05) is 152 Å². The molecule has 5 aromatic rings. The summed E-state index contributed by atoms with van der Waals surface area (Å²) in [4.78, 5) is 66.4. The van der Waals surface area contributed by atoms with Crippen LogP contribution in [0.15, 0.2) is 152 Å². The molecule has 5 rings (SSSR count). The summed E-state index contributed by atoms with van der Waals surface area (Å²) in [5.41, 5.74) is 1.39. The maximum atomic E-state index is 14.0. The highest BCUT2D eigenvalue weighted by atomic mass is 28.4. The lowest BCUT2D eigenvalue weighted by atomic mass is 10.2. The van der Waals surface area contributed by atoms with Crippen LogP contribution in [-0.4, -0.2) is 54.6 Å². The summed E-state index contributed by atoms with van der Waals surface area (Å²) in [5, 5.41) is 0. The van der Waals surface area contributed by atoms with Crippen molar-refractivity contribution in [1.29, 1.82) is 0 Å². The van der Waals surface area contributed by atoms with E-state index in [1.807, 2.05) is 0 Å². The van der Waals surface area contributed by atoms with Crippen LogP contribution in [0.4, 0.5) is 24.0 Å². The normalized spacial score (nSPS) is 10.9. The van der Waals surface area contributed by atoms with Gasteiger partial charge in [-0.05, 0) is 27.8 Å². The van der Waals surface area contributed by atoms with Crippen molar-refractivity contribution in [2.75, 3.05) is 6.79 Å². The first-order chi connectivity index (χ1) is 29.1. The molecule has 5 aromatic carbocycles. The van der Waals surface area contributed by atoms with Gasteiger partial charge in [0.25, 0.3) is 0 Å². The Morgan fingerprint density at radius 3 is 0.933 bits per heavy atom. The van der Waals surface area contributed by atoms with Crippen molar-refractivity contribution in [3.05, 3.63) is 179 Å². The predicted molar refractivity (Wildman–Crippen MR) is 212 cm³/mol. The summed E-state index contributed by atoms with van der Waals surface area (Å²) in [5.74, 6) is 0. The van der Waals surface area contributed by atoms with Crippen molar-refractivity contribution < 1.29 is 74.2 Å². The van der Waals surface area contributed by atoms with Crippen LogP contribution < -0.4 is 0 Å². The molecule has 0 unspecified atom stereocenters. The number of carbonyl (C=O) groups is 5. The molecular weight excluding hydrogens is 817 g/mol. The zero-order valence-electron chi connectivity index (χ0n) is 32.2. The predicted octanol–water partition coefficient (Wildman–Crippen LogP) is 8.82. The fourth-order valence-electron chi connectivity index (χ4n) is 4.83. The number of carbonyl (C=O) groups excluding carboxylic acids is 5. The van der Waals surface area contributed by atoms with E-state index in [1.165, 1.54) is 0 Å². The Morgan fingerprint density at radius 1 is 0.367 bits per heavy atom. The van der Waals surface area contributed by atoms with E-state index in [1.54, 1.807) is 152 Å². The summed E-state index contributed by atoms with van der Waals surface area (Å²) >= 11 is 0. The van der Waals surface area contributed by atoms with Crippen molar-refractivity contribution in [3.8, 4) is 0 Å². The molecule has 0 aliphatic rings. The third kappa shape index (κ3) is 15.1. The van der Waals surface area contributed by atoms with Gasteiger partial charge in [0, 0.05) is 6.55 Å².